The summed E-state index contributed by atoms with van der Waals surface area (Å²) in [6.45, 7) is 5.71. The lowest BCUT2D eigenvalue weighted by atomic mass is 9.86. The lowest BCUT2D eigenvalue weighted by Gasteiger charge is -2.22. The predicted octanol–water partition coefficient (Wildman–Crippen LogP) is 2.60. The average Bonchev–Trinajstić information content (AvgIpc) is 2.68. The van der Waals surface area contributed by atoms with Crippen LogP contribution in [0.15, 0.2) is 48.5 Å². The van der Waals surface area contributed by atoms with Gasteiger partial charge < -0.3 is 14.2 Å². The normalized spacial score (nSPS) is 10.7. The number of amides is 2. The smallest absolute Gasteiger partial charge is 0.276 e. The number of para-hydroxylation sites is 3. The van der Waals surface area contributed by atoms with Crippen LogP contribution in [0.2, 0.25) is 0 Å². The molecule has 0 saturated carbocycles. The van der Waals surface area contributed by atoms with Crippen molar-refractivity contribution in [3.05, 3.63) is 54.1 Å². The maximum absolute atomic E-state index is 11.9. The fourth-order valence-corrected chi connectivity index (χ4v) is 2.45. The van der Waals surface area contributed by atoms with Crippen LogP contribution in [0.4, 0.5) is 0 Å². The third kappa shape index (κ3) is 6.19. The van der Waals surface area contributed by atoms with Crippen LogP contribution in [0, 0.1) is 0 Å². The van der Waals surface area contributed by atoms with E-state index in [-0.39, 0.29) is 18.6 Å². The molecule has 0 aliphatic heterocycles. The number of methoxy groups -OCH3 is 1. The van der Waals surface area contributed by atoms with Crippen molar-refractivity contribution in [3.8, 4) is 17.2 Å². The largest absolute Gasteiger partial charge is 0.493 e. The molecule has 2 N–H and O–H groups in total. The molecule has 0 atom stereocenters. The predicted molar refractivity (Wildman–Crippen MR) is 105 cm³/mol. The first-order chi connectivity index (χ1) is 13.3. The van der Waals surface area contributed by atoms with Crippen LogP contribution in [0.25, 0.3) is 0 Å². The minimum atomic E-state index is -0.505. The zero-order valence-electron chi connectivity index (χ0n) is 16.6. The molecule has 2 aromatic rings. The minimum Gasteiger partial charge on any atom is -0.493 e. The first kappa shape index (κ1) is 21.1. The second-order valence-electron chi connectivity index (χ2n) is 7.07. The van der Waals surface area contributed by atoms with E-state index in [1.807, 2.05) is 24.3 Å². The van der Waals surface area contributed by atoms with Crippen LogP contribution < -0.4 is 25.1 Å². The first-order valence-corrected chi connectivity index (χ1v) is 8.87. The Bertz CT molecular complexity index is 814. The van der Waals surface area contributed by atoms with E-state index in [9.17, 15) is 9.59 Å². The van der Waals surface area contributed by atoms with Crippen molar-refractivity contribution in [1.82, 2.24) is 10.9 Å². The van der Waals surface area contributed by atoms with Crippen LogP contribution in [-0.2, 0) is 15.0 Å². The van der Waals surface area contributed by atoms with E-state index in [0.717, 1.165) is 5.56 Å². The van der Waals surface area contributed by atoms with Gasteiger partial charge >= 0.3 is 0 Å². The number of hydrazine groups is 1. The molecule has 2 amide bonds. The molecule has 2 aromatic carbocycles. The van der Waals surface area contributed by atoms with Gasteiger partial charge in [-0.3, -0.25) is 20.4 Å². The summed E-state index contributed by atoms with van der Waals surface area (Å²) in [5, 5.41) is 0. The zero-order valence-corrected chi connectivity index (χ0v) is 16.6. The molecular weight excluding hydrogens is 360 g/mol. The van der Waals surface area contributed by atoms with Crippen molar-refractivity contribution >= 4 is 11.8 Å². The molecule has 0 radical (unpaired) electrons. The summed E-state index contributed by atoms with van der Waals surface area (Å²) >= 11 is 0. The Kier molecular flexibility index (Phi) is 7.26. The summed E-state index contributed by atoms with van der Waals surface area (Å²) in [7, 11) is 1.51. The maximum atomic E-state index is 11.9. The summed E-state index contributed by atoms with van der Waals surface area (Å²) in [5.74, 6) is 0.610. The van der Waals surface area contributed by atoms with Crippen LogP contribution in [-0.4, -0.2) is 32.1 Å². The Morgan fingerprint density at radius 1 is 0.786 bits per heavy atom. The zero-order chi connectivity index (χ0) is 20.6. The molecule has 0 heterocycles. The quantitative estimate of drug-likeness (QED) is 0.715. The molecule has 7 heteroatoms. The lowest BCUT2D eigenvalue weighted by molar-refractivity contribution is -0.131. The average molecular weight is 386 g/mol. The van der Waals surface area contributed by atoms with Gasteiger partial charge in [0.05, 0.1) is 7.11 Å². The van der Waals surface area contributed by atoms with E-state index < -0.39 is 11.8 Å². The molecule has 150 valence electrons. The van der Waals surface area contributed by atoms with Gasteiger partial charge in [0, 0.05) is 0 Å². The molecule has 0 bridgehead atoms. The number of hydrogen-bond acceptors (Lipinski definition) is 5. The third-order valence-electron chi connectivity index (χ3n) is 3.82. The molecular formula is C21H26N2O5. The maximum Gasteiger partial charge on any atom is 0.276 e. The van der Waals surface area contributed by atoms with Crippen molar-refractivity contribution < 1.29 is 23.8 Å². The van der Waals surface area contributed by atoms with Gasteiger partial charge in [-0.05, 0) is 29.2 Å². The van der Waals surface area contributed by atoms with E-state index >= 15 is 0 Å². The van der Waals surface area contributed by atoms with Crippen molar-refractivity contribution in [2.75, 3.05) is 20.3 Å². The standard InChI is InChI=1S/C21H26N2O5/c1-21(2,3)15-9-5-6-10-16(15)27-13-19(24)22-23-20(25)14-28-18-12-8-7-11-17(18)26-4/h5-12H,13-14H2,1-4H3,(H,22,24)(H,23,25). The summed E-state index contributed by atoms with van der Waals surface area (Å²) in [5.41, 5.74) is 5.47. The molecule has 28 heavy (non-hydrogen) atoms. The van der Waals surface area contributed by atoms with E-state index in [1.54, 1.807) is 24.3 Å². The number of hydrogen-bond donors (Lipinski definition) is 2. The van der Waals surface area contributed by atoms with Crippen molar-refractivity contribution in [2.45, 2.75) is 26.2 Å². The summed E-state index contributed by atoms with van der Waals surface area (Å²) in [4.78, 5) is 23.8. The number of benzene rings is 2. The van der Waals surface area contributed by atoms with Crippen molar-refractivity contribution in [2.24, 2.45) is 0 Å². The van der Waals surface area contributed by atoms with Crippen LogP contribution in [0.1, 0.15) is 26.3 Å². The third-order valence-corrected chi connectivity index (χ3v) is 3.82. The SMILES string of the molecule is COc1ccccc1OCC(=O)NNC(=O)COc1ccccc1C(C)(C)C. The van der Waals surface area contributed by atoms with Crippen LogP contribution >= 0.6 is 0 Å². The Hall–Kier alpha value is -3.22. The van der Waals surface area contributed by atoms with Gasteiger partial charge in [0.1, 0.15) is 5.75 Å². The molecule has 2 rings (SSSR count). The molecule has 0 unspecified atom stereocenters. The first-order valence-electron chi connectivity index (χ1n) is 8.87. The van der Waals surface area contributed by atoms with E-state index in [4.69, 9.17) is 14.2 Å². The highest BCUT2D eigenvalue weighted by Crippen LogP contribution is 2.30. The second kappa shape index (κ2) is 9.64. The second-order valence-corrected chi connectivity index (χ2v) is 7.07. The fraction of sp³-hybridized carbons (Fsp3) is 0.333. The highest BCUT2D eigenvalue weighted by atomic mass is 16.5. The summed E-state index contributed by atoms with van der Waals surface area (Å²) < 4.78 is 16.1. The fourth-order valence-electron chi connectivity index (χ4n) is 2.45. The Labute approximate surface area is 165 Å². The Balaban J connectivity index is 1.78. The highest BCUT2D eigenvalue weighted by Gasteiger charge is 2.19. The van der Waals surface area contributed by atoms with Crippen molar-refractivity contribution in [3.63, 3.8) is 0 Å². The number of rotatable bonds is 7. The van der Waals surface area contributed by atoms with Gasteiger partial charge in [-0.25, -0.2) is 0 Å². The topological polar surface area (TPSA) is 85.9 Å². The van der Waals surface area contributed by atoms with Gasteiger partial charge in [-0.15, -0.1) is 0 Å². The van der Waals surface area contributed by atoms with Gasteiger partial charge in [0.15, 0.2) is 24.7 Å². The lowest BCUT2D eigenvalue weighted by Crippen LogP contribution is -2.45. The number of carbonyl (C=O) groups is 2. The molecule has 0 spiro atoms. The number of ether oxygens (including phenoxy) is 3. The number of carbonyl (C=O) groups excluding carboxylic acids is 2. The van der Waals surface area contributed by atoms with Gasteiger partial charge in [-0.2, -0.15) is 0 Å². The summed E-state index contributed by atoms with van der Waals surface area (Å²) in [6.07, 6.45) is 0. The van der Waals surface area contributed by atoms with E-state index in [2.05, 4.69) is 31.6 Å². The van der Waals surface area contributed by atoms with Crippen LogP contribution in [0.5, 0.6) is 17.2 Å². The molecule has 0 fully saturated rings. The van der Waals surface area contributed by atoms with E-state index in [1.165, 1.54) is 7.11 Å². The van der Waals surface area contributed by atoms with Crippen LogP contribution in [0.3, 0.4) is 0 Å². The minimum absolute atomic E-state index is 0.114. The molecule has 0 saturated heterocycles. The van der Waals surface area contributed by atoms with Gasteiger partial charge in [0.2, 0.25) is 0 Å². The number of nitrogens with one attached hydrogen (secondary N) is 2. The Morgan fingerprint density at radius 3 is 1.79 bits per heavy atom. The highest BCUT2D eigenvalue weighted by molar-refractivity contribution is 5.83. The van der Waals surface area contributed by atoms with Gasteiger partial charge in [-0.1, -0.05) is 51.1 Å². The van der Waals surface area contributed by atoms with Crippen molar-refractivity contribution in [1.29, 1.82) is 0 Å². The van der Waals surface area contributed by atoms with Gasteiger partial charge in [0.25, 0.3) is 11.8 Å². The van der Waals surface area contributed by atoms with E-state index in [0.29, 0.717) is 17.2 Å². The molecule has 0 aliphatic rings. The monoisotopic (exact) mass is 386 g/mol. The molecule has 7 nitrogen and oxygen atoms in total. The summed E-state index contributed by atoms with van der Waals surface area (Å²) in [6, 6.07) is 14.5. The molecule has 0 aliphatic carbocycles. The Morgan fingerprint density at radius 2 is 1.25 bits per heavy atom. The molecule has 0 aromatic heterocycles.